The summed E-state index contributed by atoms with van der Waals surface area (Å²) >= 11 is 3.41. The van der Waals surface area contributed by atoms with E-state index in [-0.39, 0.29) is 17.5 Å². The second kappa shape index (κ2) is 10.5. The molecule has 2 aromatic rings. The standard InChI is InChI=1S/C22H24BrN3O/c1-3-17-4-8-19(9-5-17)16(2)26-22(27)20(14-24)15-25-13-12-18-6-10-21(23)11-7-18/h4-11,15-16,25H,3,12-13H2,1-2H3,(H,26,27)/b20-15-. The van der Waals surface area contributed by atoms with Gasteiger partial charge in [0.25, 0.3) is 5.91 Å². The van der Waals surface area contributed by atoms with Crippen LogP contribution < -0.4 is 10.6 Å². The van der Waals surface area contributed by atoms with E-state index in [9.17, 15) is 10.1 Å². The summed E-state index contributed by atoms with van der Waals surface area (Å²) < 4.78 is 1.04. The second-order valence-electron chi connectivity index (χ2n) is 6.29. The molecular formula is C22H24BrN3O. The Bertz CT molecular complexity index is 820. The van der Waals surface area contributed by atoms with Gasteiger partial charge in [0.15, 0.2) is 0 Å². The average molecular weight is 426 g/mol. The van der Waals surface area contributed by atoms with Crippen LogP contribution in [0.25, 0.3) is 0 Å². The minimum Gasteiger partial charge on any atom is -0.389 e. The lowest BCUT2D eigenvalue weighted by atomic mass is 10.0. The Labute approximate surface area is 169 Å². The molecule has 140 valence electrons. The molecule has 0 spiro atoms. The number of nitrogens with zero attached hydrogens (tertiary/aromatic N) is 1. The molecule has 0 aliphatic carbocycles. The molecule has 2 N–H and O–H groups in total. The topological polar surface area (TPSA) is 64.9 Å². The van der Waals surface area contributed by atoms with E-state index in [4.69, 9.17) is 0 Å². The van der Waals surface area contributed by atoms with Crippen molar-refractivity contribution in [1.82, 2.24) is 10.6 Å². The summed E-state index contributed by atoms with van der Waals surface area (Å²) in [6.45, 7) is 4.66. The molecule has 1 amide bonds. The molecule has 0 saturated carbocycles. The summed E-state index contributed by atoms with van der Waals surface area (Å²) in [4.78, 5) is 12.3. The molecule has 27 heavy (non-hydrogen) atoms. The van der Waals surface area contributed by atoms with Crippen molar-refractivity contribution in [2.75, 3.05) is 6.54 Å². The molecule has 1 unspecified atom stereocenters. The Hall–Kier alpha value is -2.58. The van der Waals surface area contributed by atoms with Gasteiger partial charge in [0.2, 0.25) is 0 Å². The molecule has 0 bridgehead atoms. The van der Waals surface area contributed by atoms with Crippen molar-refractivity contribution in [2.24, 2.45) is 0 Å². The predicted octanol–water partition coefficient (Wildman–Crippen LogP) is 4.43. The number of benzene rings is 2. The van der Waals surface area contributed by atoms with Crippen LogP contribution in [-0.4, -0.2) is 12.5 Å². The van der Waals surface area contributed by atoms with E-state index in [1.54, 1.807) is 0 Å². The molecule has 4 nitrogen and oxygen atoms in total. The third-order valence-corrected chi connectivity index (χ3v) is 4.85. The maximum absolute atomic E-state index is 12.3. The molecular weight excluding hydrogens is 402 g/mol. The number of rotatable bonds is 8. The molecule has 1 atom stereocenters. The van der Waals surface area contributed by atoms with Crippen LogP contribution in [0.4, 0.5) is 0 Å². The fourth-order valence-corrected chi connectivity index (χ4v) is 2.85. The Balaban J connectivity index is 1.87. The zero-order valence-corrected chi connectivity index (χ0v) is 17.2. The van der Waals surface area contributed by atoms with Crippen molar-refractivity contribution in [3.8, 4) is 6.07 Å². The molecule has 0 radical (unpaired) electrons. The van der Waals surface area contributed by atoms with Crippen molar-refractivity contribution in [3.05, 3.63) is 81.5 Å². The molecule has 2 aromatic carbocycles. The van der Waals surface area contributed by atoms with Gasteiger partial charge in [0, 0.05) is 17.2 Å². The normalized spacial score (nSPS) is 12.1. The van der Waals surface area contributed by atoms with E-state index in [2.05, 4.69) is 45.6 Å². The van der Waals surface area contributed by atoms with Crippen LogP contribution in [0.3, 0.4) is 0 Å². The van der Waals surface area contributed by atoms with Gasteiger partial charge in [-0.2, -0.15) is 5.26 Å². The summed E-state index contributed by atoms with van der Waals surface area (Å²) in [5, 5.41) is 15.2. The van der Waals surface area contributed by atoms with Crippen molar-refractivity contribution in [2.45, 2.75) is 32.7 Å². The van der Waals surface area contributed by atoms with Crippen LogP contribution in [0.15, 0.2) is 64.8 Å². The van der Waals surface area contributed by atoms with Gasteiger partial charge in [-0.1, -0.05) is 59.3 Å². The highest BCUT2D eigenvalue weighted by molar-refractivity contribution is 9.10. The number of carbonyl (C=O) groups excluding carboxylic acids is 1. The summed E-state index contributed by atoms with van der Waals surface area (Å²) in [5.74, 6) is -0.374. The van der Waals surface area contributed by atoms with Gasteiger partial charge in [-0.3, -0.25) is 4.79 Å². The number of aryl methyl sites for hydroxylation is 1. The first kappa shape index (κ1) is 20.7. The number of carbonyl (C=O) groups is 1. The van der Waals surface area contributed by atoms with Crippen LogP contribution in [-0.2, 0) is 17.6 Å². The number of amides is 1. The van der Waals surface area contributed by atoms with Crippen LogP contribution in [0.5, 0.6) is 0 Å². The summed E-state index contributed by atoms with van der Waals surface area (Å²) in [6, 6.07) is 18.0. The van der Waals surface area contributed by atoms with E-state index in [1.807, 2.05) is 49.4 Å². The molecule has 2 rings (SSSR count). The summed E-state index contributed by atoms with van der Waals surface area (Å²) in [7, 11) is 0. The lowest BCUT2D eigenvalue weighted by Crippen LogP contribution is -2.28. The van der Waals surface area contributed by atoms with Crippen LogP contribution in [0.1, 0.15) is 36.6 Å². The second-order valence-corrected chi connectivity index (χ2v) is 7.21. The third-order valence-electron chi connectivity index (χ3n) is 4.32. The van der Waals surface area contributed by atoms with E-state index in [0.717, 1.165) is 22.9 Å². The van der Waals surface area contributed by atoms with Gasteiger partial charge in [0.05, 0.1) is 6.04 Å². The van der Waals surface area contributed by atoms with Crippen molar-refractivity contribution >= 4 is 21.8 Å². The van der Waals surface area contributed by atoms with Crippen molar-refractivity contribution in [1.29, 1.82) is 5.26 Å². The Kier molecular flexibility index (Phi) is 8.09. The first-order chi connectivity index (χ1) is 13.0. The zero-order chi connectivity index (χ0) is 19.6. The number of halogens is 1. The number of hydrogen-bond donors (Lipinski definition) is 2. The first-order valence-electron chi connectivity index (χ1n) is 9.01. The van der Waals surface area contributed by atoms with E-state index in [1.165, 1.54) is 17.3 Å². The molecule has 0 heterocycles. The number of hydrogen-bond acceptors (Lipinski definition) is 3. The molecule has 0 aromatic heterocycles. The smallest absolute Gasteiger partial charge is 0.263 e. The number of nitrogens with one attached hydrogen (secondary N) is 2. The van der Waals surface area contributed by atoms with E-state index >= 15 is 0 Å². The highest BCUT2D eigenvalue weighted by atomic mass is 79.9. The van der Waals surface area contributed by atoms with E-state index in [0.29, 0.717) is 6.54 Å². The maximum Gasteiger partial charge on any atom is 0.263 e. The van der Waals surface area contributed by atoms with Gasteiger partial charge in [-0.25, -0.2) is 0 Å². The first-order valence-corrected chi connectivity index (χ1v) is 9.80. The van der Waals surface area contributed by atoms with Gasteiger partial charge in [-0.05, 0) is 48.6 Å². The van der Waals surface area contributed by atoms with Gasteiger partial charge in [-0.15, -0.1) is 0 Å². The van der Waals surface area contributed by atoms with Crippen LogP contribution in [0, 0.1) is 11.3 Å². The van der Waals surface area contributed by atoms with Gasteiger partial charge in [0.1, 0.15) is 11.6 Å². The number of nitriles is 1. The Morgan fingerprint density at radius 2 is 1.78 bits per heavy atom. The minimum absolute atomic E-state index is 0.0721. The lowest BCUT2D eigenvalue weighted by molar-refractivity contribution is -0.117. The fraction of sp³-hybridized carbons (Fsp3) is 0.273. The molecule has 0 fully saturated rings. The van der Waals surface area contributed by atoms with E-state index < -0.39 is 0 Å². The Morgan fingerprint density at radius 3 is 2.37 bits per heavy atom. The molecule has 0 saturated heterocycles. The third kappa shape index (κ3) is 6.58. The molecule has 0 aliphatic rings. The van der Waals surface area contributed by atoms with Gasteiger partial charge >= 0.3 is 0 Å². The highest BCUT2D eigenvalue weighted by Crippen LogP contribution is 2.14. The lowest BCUT2D eigenvalue weighted by Gasteiger charge is -2.14. The average Bonchev–Trinajstić information content (AvgIpc) is 2.69. The maximum atomic E-state index is 12.3. The molecule has 0 aliphatic heterocycles. The minimum atomic E-state index is -0.374. The largest absolute Gasteiger partial charge is 0.389 e. The predicted molar refractivity (Wildman–Crippen MR) is 112 cm³/mol. The molecule has 5 heteroatoms. The monoisotopic (exact) mass is 425 g/mol. The van der Waals surface area contributed by atoms with Crippen LogP contribution >= 0.6 is 15.9 Å². The summed E-state index contributed by atoms with van der Waals surface area (Å²) in [6.07, 6.45) is 3.28. The zero-order valence-electron chi connectivity index (χ0n) is 15.6. The summed E-state index contributed by atoms with van der Waals surface area (Å²) in [5.41, 5.74) is 3.53. The Morgan fingerprint density at radius 1 is 1.15 bits per heavy atom. The highest BCUT2D eigenvalue weighted by Gasteiger charge is 2.13. The quantitative estimate of drug-likeness (QED) is 0.373. The van der Waals surface area contributed by atoms with Gasteiger partial charge < -0.3 is 10.6 Å². The SMILES string of the molecule is CCc1ccc(C(C)NC(=O)/C(C#N)=C\NCCc2ccc(Br)cc2)cc1. The fourth-order valence-electron chi connectivity index (χ4n) is 2.59. The van der Waals surface area contributed by atoms with Crippen molar-refractivity contribution < 1.29 is 4.79 Å². The van der Waals surface area contributed by atoms with Crippen molar-refractivity contribution in [3.63, 3.8) is 0 Å². The van der Waals surface area contributed by atoms with Crippen LogP contribution in [0.2, 0.25) is 0 Å².